The number of fused-ring (bicyclic) bond motifs is 2. The molecule has 1 fully saturated rings. The summed E-state index contributed by atoms with van der Waals surface area (Å²) in [7, 11) is 1.62. The van der Waals surface area contributed by atoms with Crippen LogP contribution in [0.25, 0.3) is 0 Å². The number of anilines is 2. The van der Waals surface area contributed by atoms with Crippen molar-refractivity contribution in [1.82, 2.24) is 10.3 Å². The SMILES string of the molecule is COCCNC(=O)[C@@H](C)[C@@H]1CC[C@@]2(C)Cc3sc(Nc4ccccc4)nc3[C@@H](C)[C@@H]2[C@H]1O. The minimum atomic E-state index is -0.521. The summed E-state index contributed by atoms with van der Waals surface area (Å²) in [5.74, 6) is -0.0321. The monoisotopic (exact) mass is 457 g/mol. The van der Waals surface area contributed by atoms with Crippen LogP contribution in [0.4, 0.5) is 10.8 Å². The Kier molecular flexibility index (Phi) is 6.89. The molecule has 2 aliphatic rings. The van der Waals surface area contributed by atoms with E-state index in [2.05, 4.69) is 24.5 Å². The molecule has 0 saturated heterocycles. The number of rotatable bonds is 7. The zero-order valence-electron chi connectivity index (χ0n) is 19.4. The van der Waals surface area contributed by atoms with Gasteiger partial charge in [0.05, 0.1) is 18.4 Å². The number of amides is 1. The lowest BCUT2D eigenvalue weighted by Crippen LogP contribution is -2.53. The molecule has 6 nitrogen and oxygen atoms in total. The molecular weight excluding hydrogens is 422 g/mol. The molecule has 7 heteroatoms. The quantitative estimate of drug-likeness (QED) is 0.539. The summed E-state index contributed by atoms with van der Waals surface area (Å²) in [5.41, 5.74) is 2.15. The first-order chi connectivity index (χ1) is 15.3. The highest BCUT2D eigenvalue weighted by Gasteiger charge is 2.53. The number of aliphatic hydroxyl groups excluding tert-OH is 1. The maximum absolute atomic E-state index is 12.7. The Balaban J connectivity index is 1.52. The number of nitrogens with zero attached hydrogens (tertiary/aromatic N) is 1. The molecule has 1 saturated carbocycles. The summed E-state index contributed by atoms with van der Waals surface area (Å²) in [6, 6.07) is 10.1. The highest BCUT2D eigenvalue weighted by Crippen LogP contribution is 2.57. The predicted octanol–water partition coefficient (Wildman–Crippen LogP) is 4.34. The average Bonchev–Trinajstić information content (AvgIpc) is 3.16. The number of para-hydroxylation sites is 1. The molecule has 3 N–H and O–H groups in total. The van der Waals surface area contributed by atoms with Gasteiger partial charge in [0.2, 0.25) is 5.91 Å². The molecule has 6 atom stereocenters. The Hall–Kier alpha value is -1.96. The van der Waals surface area contributed by atoms with Crippen LogP contribution in [0, 0.1) is 23.2 Å². The van der Waals surface area contributed by atoms with E-state index in [9.17, 15) is 9.90 Å². The predicted molar refractivity (Wildman–Crippen MR) is 128 cm³/mol. The van der Waals surface area contributed by atoms with Crippen LogP contribution in [-0.4, -0.2) is 42.4 Å². The number of nitrogens with one attached hydrogen (secondary N) is 2. The lowest BCUT2D eigenvalue weighted by molar-refractivity contribution is -0.135. The number of thiazole rings is 1. The van der Waals surface area contributed by atoms with Gasteiger partial charge in [0.15, 0.2) is 5.13 Å². The number of benzene rings is 1. The third kappa shape index (κ3) is 4.43. The Bertz CT molecular complexity index is 934. The van der Waals surface area contributed by atoms with Crippen LogP contribution in [0.2, 0.25) is 0 Å². The third-order valence-corrected chi connectivity index (χ3v) is 8.59. The first-order valence-corrected chi connectivity index (χ1v) is 12.4. The summed E-state index contributed by atoms with van der Waals surface area (Å²) in [6.45, 7) is 7.45. The number of hydrogen-bond donors (Lipinski definition) is 3. The molecule has 0 spiro atoms. The van der Waals surface area contributed by atoms with Crippen molar-refractivity contribution < 1.29 is 14.6 Å². The number of aliphatic hydroxyl groups is 1. The molecule has 4 rings (SSSR count). The van der Waals surface area contributed by atoms with Crippen LogP contribution in [0.3, 0.4) is 0 Å². The zero-order chi connectivity index (χ0) is 22.9. The van der Waals surface area contributed by atoms with Gasteiger partial charge in [-0.25, -0.2) is 4.98 Å². The Morgan fingerprint density at radius 2 is 2.12 bits per heavy atom. The van der Waals surface area contributed by atoms with E-state index in [-0.39, 0.29) is 35.0 Å². The largest absolute Gasteiger partial charge is 0.392 e. The second-order valence-corrected chi connectivity index (χ2v) is 10.8. The number of hydrogen-bond acceptors (Lipinski definition) is 6. The maximum atomic E-state index is 12.7. The standard InChI is InChI=1S/C25H35N3O3S/c1-15(23(30)26-12-13-31-4)18-10-11-25(3)14-19-21(16(2)20(25)22(18)29)28-24(32-19)27-17-8-6-5-7-9-17/h5-9,15-16,18,20,22,29H,10-14H2,1-4H3,(H,26,30)(H,27,28)/t15-,16-,18-,20+,22-,25-/m0/s1. The third-order valence-electron chi connectivity index (χ3n) is 7.61. The van der Waals surface area contributed by atoms with Gasteiger partial charge in [-0.1, -0.05) is 39.0 Å². The fourth-order valence-electron chi connectivity index (χ4n) is 5.88. The van der Waals surface area contributed by atoms with Crippen molar-refractivity contribution in [3.63, 3.8) is 0 Å². The van der Waals surface area contributed by atoms with Gasteiger partial charge >= 0.3 is 0 Å². The summed E-state index contributed by atoms with van der Waals surface area (Å²) in [4.78, 5) is 18.9. The molecule has 1 amide bonds. The molecule has 2 aromatic rings. The smallest absolute Gasteiger partial charge is 0.223 e. The van der Waals surface area contributed by atoms with Crippen molar-refractivity contribution in [2.45, 2.75) is 52.1 Å². The molecule has 0 bridgehead atoms. The summed E-state index contributed by atoms with van der Waals surface area (Å²) in [6.07, 6.45) is 2.29. The summed E-state index contributed by atoms with van der Waals surface area (Å²) in [5, 5.41) is 18.8. The fourth-order valence-corrected chi connectivity index (χ4v) is 7.16. The van der Waals surface area contributed by atoms with Crippen molar-refractivity contribution in [2.75, 3.05) is 25.6 Å². The molecule has 1 aromatic heterocycles. The van der Waals surface area contributed by atoms with E-state index in [4.69, 9.17) is 9.72 Å². The molecule has 174 valence electrons. The average molecular weight is 458 g/mol. The molecule has 0 unspecified atom stereocenters. The molecule has 0 aliphatic heterocycles. The van der Waals surface area contributed by atoms with E-state index >= 15 is 0 Å². The van der Waals surface area contributed by atoms with Gasteiger partial charge in [-0.15, -0.1) is 11.3 Å². The van der Waals surface area contributed by atoms with E-state index in [1.807, 2.05) is 37.3 Å². The van der Waals surface area contributed by atoms with Crippen LogP contribution >= 0.6 is 11.3 Å². The van der Waals surface area contributed by atoms with E-state index in [1.165, 1.54) is 4.88 Å². The van der Waals surface area contributed by atoms with Crippen molar-refractivity contribution in [1.29, 1.82) is 0 Å². The van der Waals surface area contributed by atoms with E-state index in [0.29, 0.717) is 13.2 Å². The topological polar surface area (TPSA) is 83.5 Å². The van der Waals surface area contributed by atoms with Crippen molar-refractivity contribution in [3.05, 3.63) is 40.9 Å². The highest BCUT2D eigenvalue weighted by molar-refractivity contribution is 7.15. The van der Waals surface area contributed by atoms with Gasteiger partial charge in [0.1, 0.15) is 0 Å². The molecular formula is C25H35N3O3S. The number of ether oxygens (including phenoxy) is 1. The zero-order valence-corrected chi connectivity index (χ0v) is 20.2. The van der Waals surface area contributed by atoms with Crippen LogP contribution < -0.4 is 10.6 Å². The number of methoxy groups -OCH3 is 1. The van der Waals surface area contributed by atoms with Gasteiger partial charge in [-0.05, 0) is 48.6 Å². The minimum Gasteiger partial charge on any atom is -0.392 e. The van der Waals surface area contributed by atoms with Gasteiger partial charge in [-0.2, -0.15) is 0 Å². The van der Waals surface area contributed by atoms with Crippen LogP contribution in [0.1, 0.15) is 50.1 Å². The van der Waals surface area contributed by atoms with Gasteiger partial charge in [0.25, 0.3) is 0 Å². The van der Waals surface area contributed by atoms with Crippen molar-refractivity contribution in [2.24, 2.45) is 23.2 Å². The Morgan fingerprint density at radius 1 is 1.38 bits per heavy atom. The molecule has 0 radical (unpaired) electrons. The maximum Gasteiger partial charge on any atom is 0.223 e. The van der Waals surface area contributed by atoms with E-state index < -0.39 is 6.10 Å². The normalized spacial score (nSPS) is 30.2. The number of carbonyl (C=O) groups is 1. The van der Waals surface area contributed by atoms with Gasteiger partial charge in [-0.3, -0.25) is 4.79 Å². The molecule has 32 heavy (non-hydrogen) atoms. The van der Waals surface area contributed by atoms with Crippen LogP contribution in [0.15, 0.2) is 30.3 Å². The number of carbonyl (C=O) groups excluding carboxylic acids is 1. The lowest BCUT2D eigenvalue weighted by Gasteiger charge is -2.53. The second kappa shape index (κ2) is 9.49. The Morgan fingerprint density at radius 3 is 2.84 bits per heavy atom. The molecule has 2 aliphatic carbocycles. The lowest BCUT2D eigenvalue weighted by atomic mass is 9.53. The van der Waals surface area contributed by atoms with E-state index in [0.717, 1.165) is 35.8 Å². The molecule has 1 aromatic carbocycles. The van der Waals surface area contributed by atoms with E-state index in [1.54, 1.807) is 18.4 Å². The van der Waals surface area contributed by atoms with Gasteiger partial charge < -0.3 is 20.5 Å². The molecule has 1 heterocycles. The first-order valence-electron chi connectivity index (χ1n) is 11.6. The van der Waals surface area contributed by atoms with Gasteiger partial charge in [0, 0.05) is 36.1 Å². The fraction of sp³-hybridized carbons (Fsp3) is 0.600. The van der Waals surface area contributed by atoms with Crippen LogP contribution in [-0.2, 0) is 16.0 Å². The second-order valence-electron chi connectivity index (χ2n) is 9.73. The van der Waals surface area contributed by atoms with Crippen molar-refractivity contribution in [3.8, 4) is 0 Å². The number of aromatic nitrogens is 1. The summed E-state index contributed by atoms with van der Waals surface area (Å²) < 4.78 is 5.03. The minimum absolute atomic E-state index is 0.00172. The first kappa shape index (κ1) is 23.2. The highest BCUT2D eigenvalue weighted by atomic mass is 32.1. The Labute approximate surface area is 194 Å². The van der Waals surface area contributed by atoms with Crippen LogP contribution in [0.5, 0.6) is 0 Å². The van der Waals surface area contributed by atoms with Crippen molar-refractivity contribution >= 4 is 28.1 Å². The summed E-state index contributed by atoms with van der Waals surface area (Å²) >= 11 is 1.73.